The van der Waals surface area contributed by atoms with E-state index >= 15 is 0 Å². The van der Waals surface area contributed by atoms with E-state index in [1.807, 2.05) is 5.57 Å². The Morgan fingerprint density at radius 3 is 1.94 bits per heavy atom. The molecule has 1 unspecified atom stereocenters. The number of hydrogen-bond donors (Lipinski definition) is 0. The highest BCUT2D eigenvalue weighted by molar-refractivity contribution is 5.22. The third-order valence-corrected chi connectivity index (χ3v) is 4.36. The minimum atomic E-state index is 0.734. The average Bonchev–Trinajstić information content (AvgIpc) is 2.14. The van der Waals surface area contributed by atoms with E-state index in [-0.39, 0.29) is 0 Å². The lowest BCUT2D eigenvalue weighted by molar-refractivity contribution is 0.353. The van der Waals surface area contributed by atoms with E-state index in [1.165, 1.54) is 32.1 Å². The average molecular weight is 236 g/mol. The van der Waals surface area contributed by atoms with Gasteiger partial charge in [0.25, 0.3) is 0 Å². The van der Waals surface area contributed by atoms with Gasteiger partial charge < -0.3 is 0 Å². The molecule has 1 rings (SSSR count). The molecule has 0 aromatic rings. The summed E-state index contributed by atoms with van der Waals surface area (Å²) in [5.74, 6) is 3.12. The van der Waals surface area contributed by atoms with Gasteiger partial charge in [-0.25, -0.2) is 0 Å². The molecule has 0 radical (unpaired) electrons. The van der Waals surface area contributed by atoms with Gasteiger partial charge in [0.05, 0.1) is 0 Å². The first kappa shape index (κ1) is 14.8. The lowest BCUT2D eigenvalue weighted by atomic mass is 9.72. The van der Waals surface area contributed by atoms with Crippen LogP contribution in [0.2, 0.25) is 0 Å². The molecule has 0 N–H and O–H groups in total. The smallest absolute Gasteiger partial charge is 0.0175 e. The van der Waals surface area contributed by atoms with Gasteiger partial charge in [0.15, 0.2) is 0 Å². The molecule has 0 aliphatic heterocycles. The second kappa shape index (κ2) is 6.61. The van der Waals surface area contributed by atoms with E-state index in [9.17, 15) is 0 Å². The van der Waals surface area contributed by atoms with Gasteiger partial charge in [-0.05, 0) is 42.9 Å². The summed E-state index contributed by atoms with van der Waals surface area (Å²) < 4.78 is 0. The van der Waals surface area contributed by atoms with Crippen molar-refractivity contribution in [1.29, 1.82) is 0 Å². The molecule has 0 heterocycles. The summed E-state index contributed by atoms with van der Waals surface area (Å²) in [4.78, 5) is 0. The predicted octanol–water partition coefficient (Wildman–Crippen LogP) is 5.83. The zero-order chi connectivity index (χ0) is 13.0. The Morgan fingerprint density at radius 1 is 0.824 bits per heavy atom. The Kier molecular flexibility index (Phi) is 5.76. The number of hydrogen-bond acceptors (Lipinski definition) is 0. The molecule has 0 fully saturated rings. The Morgan fingerprint density at radius 2 is 1.47 bits per heavy atom. The molecule has 0 amide bonds. The Hall–Kier alpha value is -0.260. The van der Waals surface area contributed by atoms with Gasteiger partial charge in [-0.15, -0.1) is 0 Å². The molecule has 1 atom stereocenters. The zero-order valence-corrected chi connectivity index (χ0v) is 12.8. The number of allylic oxidation sites excluding steroid dienone is 2. The van der Waals surface area contributed by atoms with E-state index in [2.05, 4.69) is 41.5 Å². The van der Waals surface area contributed by atoms with Crippen LogP contribution in [0.15, 0.2) is 11.1 Å². The summed E-state index contributed by atoms with van der Waals surface area (Å²) in [7, 11) is 0. The molecule has 0 nitrogen and oxygen atoms in total. The molecule has 0 saturated heterocycles. The molecular weight excluding hydrogens is 204 g/mol. The second-order valence-electron chi connectivity index (χ2n) is 6.74. The van der Waals surface area contributed by atoms with Gasteiger partial charge in [-0.3, -0.25) is 0 Å². The predicted molar refractivity (Wildman–Crippen MR) is 78.1 cm³/mol. The monoisotopic (exact) mass is 236 g/mol. The van der Waals surface area contributed by atoms with Crippen LogP contribution in [-0.4, -0.2) is 0 Å². The maximum Gasteiger partial charge on any atom is -0.0175 e. The van der Waals surface area contributed by atoms with Crippen LogP contribution in [0.5, 0.6) is 0 Å². The highest BCUT2D eigenvalue weighted by Gasteiger charge is 2.25. The molecule has 0 bridgehead atoms. The molecule has 0 aromatic heterocycles. The van der Waals surface area contributed by atoms with Crippen LogP contribution in [0.25, 0.3) is 0 Å². The minimum Gasteiger partial charge on any atom is -0.0679 e. The first-order valence-electron chi connectivity index (χ1n) is 7.68. The molecule has 17 heavy (non-hydrogen) atoms. The Labute approximate surface area is 109 Å². The molecule has 1 aliphatic rings. The van der Waals surface area contributed by atoms with E-state index in [0.717, 1.165) is 23.7 Å². The standard InChI is InChI=1S/C17H32/c1-12(2)15-10-8-7-9-11-16(13(3)4)17(15)14(5)6/h12-15H,7-11H2,1-6H3/b17-16+. The topological polar surface area (TPSA) is 0 Å². The van der Waals surface area contributed by atoms with E-state index < -0.39 is 0 Å². The molecule has 0 saturated carbocycles. The first-order valence-corrected chi connectivity index (χ1v) is 7.68. The van der Waals surface area contributed by atoms with Crippen molar-refractivity contribution >= 4 is 0 Å². The fourth-order valence-corrected chi connectivity index (χ4v) is 3.51. The third-order valence-electron chi connectivity index (χ3n) is 4.36. The van der Waals surface area contributed by atoms with Crippen LogP contribution in [0, 0.1) is 23.7 Å². The van der Waals surface area contributed by atoms with E-state index in [1.54, 1.807) is 5.57 Å². The van der Waals surface area contributed by atoms with E-state index in [4.69, 9.17) is 0 Å². The van der Waals surface area contributed by atoms with Gasteiger partial charge >= 0.3 is 0 Å². The van der Waals surface area contributed by atoms with Crippen LogP contribution in [0.1, 0.15) is 73.6 Å². The maximum absolute atomic E-state index is 2.41. The maximum atomic E-state index is 2.41. The van der Waals surface area contributed by atoms with Crippen molar-refractivity contribution in [2.45, 2.75) is 73.6 Å². The van der Waals surface area contributed by atoms with Crippen molar-refractivity contribution in [3.05, 3.63) is 11.1 Å². The fourth-order valence-electron chi connectivity index (χ4n) is 3.51. The minimum absolute atomic E-state index is 0.734. The van der Waals surface area contributed by atoms with Crippen LogP contribution >= 0.6 is 0 Å². The second-order valence-corrected chi connectivity index (χ2v) is 6.74. The summed E-state index contributed by atoms with van der Waals surface area (Å²) in [5.41, 5.74) is 3.60. The highest BCUT2D eigenvalue weighted by Crippen LogP contribution is 2.39. The van der Waals surface area contributed by atoms with E-state index in [0.29, 0.717) is 0 Å². The van der Waals surface area contributed by atoms with Crippen LogP contribution < -0.4 is 0 Å². The molecular formula is C17H32. The lowest BCUT2D eigenvalue weighted by Gasteiger charge is -2.33. The third kappa shape index (κ3) is 3.86. The Balaban J connectivity index is 3.14. The van der Waals surface area contributed by atoms with Gasteiger partial charge in [0.1, 0.15) is 0 Å². The molecule has 100 valence electrons. The zero-order valence-electron chi connectivity index (χ0n) is 12.8. The van der Waals surface area contributed by atoms with Crippen LogP contribution in [0.3, 0.4) is 0 Å². The van der Waals surface area contributed by atoms with Crippen molar-refractivity contribution in [3.63, 3.8) is 0 Å². The molecule has 0 heteroatoms. The quantitative estimate of drug-likeness (QED) is 0.541. The Bertz CT molecular complexity index is 255. The summed E-state index contributed by atoms with van der Waals surface area (Å²) in [6.07, 6.45) is 7.06. The lowest BCUT2D eigenvalue weighted by Crippen LogP contribution is -2.20. The van der Waals surface area contributed by atoms with Crippen molar-refractivity contribution < 1.29 is 0 Å². The molecule has 0 aromatic carbocycles. The van der Waals surface area contributed by atoms with Crippen molar-refractivity contribution in [3.8, 4) is 0 Å². The van der Waals surface area contributed by atoms with Crippen molar-refractivity contribution in [1.82, 2.24) is 0 Å². The summed E-state index contributed by atoms with van der Waals surface area (Å²) >= 11 is 0. The fraction of sp³-hybridized carbons (Fsp3) is 0.882. The van der Waals surface area contributed by atoms with Crippen molar-refractivity contribution in [2.75, 3.05) is 0 Å². The largest absolute Gasteiger partial charge is 0.0679 e. The molecule has 0 spiro atoms. The summed E-state index contributed by atoms with van der Waals surface area (Å²) in [6, 6.07) is 0. The summed E-state index contributed by atoms with van der Waals surface area (Å²) in [6.45, 7) is 14.4. The number of rotatable bonds is 3. The molecule has 1 aliphatic carbocycles. The summed E-state index contributed by atoms with van der Waals surface area (Å²) in [5, 5.41) is 0. The van der Waals surface area contributed by atoms with Gasteiger partial charge in [-0.1, -0.05) is 65.5 Å². The van der Waals surface area contributed by atoms with Gasteiger partial charge in [0.2, 0.25) is 0 Å². The van der Waals surface area contributed by atoms with Gasteiger partial charge in [-0.2, -0.15) is 0 Å². The van der Waals surface area contributed by atoms with Crippen LogP contribution in [0.4, 0.5) is 0 Å². The first-order chi connectivity index (χ1) is 7.95. The normalized spacial score (nSPS) is 27.7. The SMILES string of the molecule is CC(C)/C1=C(\C(C)C)C(C(C)C)CCCCC1. The van der Waals surface area contributed by atoms with Gasteiger partial charge in [0, 0.05) is 0 Å². The highest BCUT2D eigenvalue weighted by atomic mass is 14.3. The van der Waals surface area contributed by atoms with Crippen LogP contribution in [-0.2, 0) is 0 Å². The van der Waals surface area contributed by atoms with Crippen molar-refractivity contribution in [2.24, 2.45) is 23.7 Å².